The van der Waals surface area contributed by atoms with Crippen LogP contribution < -0.4 is 24.0 Å². The zero-order valence-corrected chi connectivity index (χ0v) is 14.0. The number of nitrogens with zero attached hydrogens (tertiary/aromatic N) is 1. The number of allylic oxidation sites excluding steroid dienone is 1. The van der Waals surface area contributed by atoms with Crippen molar-refractivity contribution in [2.45, 2.75) is 37.9 Å². The summed E-state index contributed by atoms with van der Waals surface area (Å²) < 4.78 is 4.44. The third-order valence-corrected chi connectivity index (χ3v) is 5.27. The summed E-state index contributed by atoms with van der Waals surface area (Å²) in [5.41, 5.74) is 1.57. The summed E-state index contributed by atoms with van der Waals surface area (Å²) in [6, 6.07) is 0. The Hall–Kier alpha value is 0.840. The summed E-state index contributed by atoms with van der Waals surface area (Å²) in [7, 11) is 0. The SMILES string of the molecule is CSC1=CC(=[N+]2CCCC2)CC(C)(C)S1.[I-]. The Morgan fingerprint density at radius 2 is 1.94 bits per heavy atom. The van der Waals surface area contributed by atoms with Gasteiger partial charge >= 0.3 is 0 Å². The molecule has 0 aromatic carbocycles. The van der Waals surface area contributed by atoms with Crippen molar-refractivity contribution in [3.8, 4) is 0 Å². The van der Waals surface area contributed by atoms with E-state index in [9.17, 15) is 0 Å². The molecule has 2 rings (SSSR count). The van der Waals surface area contributed by atoms with E-state index in [-0.39, 0.29) is 24.0 Å². The Bertz CT molecular complexity index is 313. The second kappa shape index (κ2) is 6.14. The average molecular weight is 369 g/mol. The first kappa shape index (κ1) is 14.9. The molecule has 0 unspecified atom stereocenters. The van der Waals surface area contributed by atoms with Crippen LogP contribution in [0.1, 0.15) is 33.1 Å². The quantitative estimate of drug-likeness (QED) is 0.485. The first-order chi connectivity index (χ1) is 7.11. The fourth-order valence-corrected chi connectivity index (χ4v) is 4.49. The van der Waals surface area contributed by atoms with Crippen molar-refractivity contribution >= 4 is 29.2 Å². The molecule has 0 spiro atoms. The van der Waals surface area contributed by atoms with Gasteiger partial charge in [0.1, 0.15) is 13.1 Å². The zero-order valence-electron chi connectivity index (χ0n) is 10.3. The van der Waals surface area contributed by atoms with Crippen molar-refractivity contribution in [1.29, 1.82) is 0 Å². The lowest BCUT2D eigenvalue weighted by Gasteiger charge is -2.27. The number of rotatable bonds is 1. The van der Waals surface area contributed by atoms with E-state index in [0.717, 1.165) is 0 Å². The van der Waals surface area contributed by atoms with Crippen LogP contribution in [-0.2, 0) is 0 Å². The van der Waals surface area contributed by atoms with Gasteiger partial charge in [-0.3, -0.25) is 0 Å². The Morgan fingerprint density at radius 1 is 1.31 bits per heavy atom. The lowest BCUT2D eigenvalue weighted by Crippen LogP contribution is -3.00. The van der Waals surface area contributed by atoms with E-state index in [1.54, 1.807) is 5.71 Å². The van der Waals surface area contributed by atoms with Crippen LogP contribution >= 0.6 is 23.5 Å². The number of hydrogen-bond donors (Lipinski definition) is 0. The van der Waals surface area contributed by atoms with Gasteiger partial charge in [0.25, 0.3) is 0 Å². The minimum atomic E-state index is 0. The van der Waals surface area contributed by atoms with Gasteiger partial charge in [-0.2, -0.15) is 0 Å². The normalized spacial score (nSPS) is 24.1. The van der Waals surface area contributed by atoms with Crippen LogP contribution in [0.2, 0.25) is 0 Å². The summed E-state index contributed by atoms with van der Waals surface area (Å²) in [4.78, 5) is 0. The lowest BCUT2D eigenvalue weighted by atomic mass is 10.0. The van der Waals surface area contributed by atoms with Crippen LogP contribution in [0.25, 0.3) is 0 Å². The number of hydrogen-bond acceptors (Lipinski definition) is 2. The van der Waals surface area contributed by atoms with Gasteiger partial charge in [0.15, 0.2) is 5.71 Å². The second-order valence-electron chi connectivity index (χ2n) is 4.89. The van der Waals surface area contributed by atoms with E-state index in [1.807, 2.05) is 23.5 Å². The highest BCUT2D eigenvalue weighted by Crippen LogP contribution is 2.43. The van der Waals surface area contributed by atoms with Crippen molar-refractivity contribution < 1.29 is 28.6 Å². The summed E-state index contributed by atoms with van der Waals surface area (Å²) in [6.45, 7) is 7.26. The topological polar surface area (TPSA) is 3.01 Å². The fraction of sp³-hybridized carbons (Fsp3) is 0.750. The van der Waals surface area contributed by atoms with Crippen LogP contribution in [0.15, 0.2) is 10.3 Å². The highest BCUT2D eigenvalue weighted by molar-refractivity contribution is 8.22. The summed E-state index contributed by atoms with van der Waals surface area (Å²) >= 11 is 3.91. The molecule has 1 saturated heterocycles. The smallest absolute Gasteiger partial charge is 0.179 e. The Morgan fingerprint density at radius 3 is 2.50 bits per heavy atom. The third kappa shape index (κ3) is 3.67. The monoisotopic (exact) mass is 369 g/mol. The van der Waals surface area contributed by atoms with Crippen molar-refractivity contribution in [3.05, 3.63) is 10.3 Å². The first-order valence-electron chi connectivity index (χ1n) is 5.66. The standard InChI is InChI=1S/C12H20NS2.HI/c1-12(2)9-10(8-11(14-3)15-12)13-6-4-5-7-13;/h8H,4-7,9H2,1-3H3;1H/q+1;/p-1. The molecule has 1 fully saturated rings. The third-order valence-electron chi connectivity index (χ3n) is 2.98. The lowest BCUT2D eigenvalue weighted by molar-refractivity contribution is -0.506. The Labute approximate surface area is 125 Å². The van der Waals surface area contributed by atoms with Crippen LogP contribution in [0.5, 0.6) is 0 Å². The molecule has 2 aliphatic heterocycles. The van der Waals surface area contributed by atoms with Gasteiger partial charge in [0.2, 0.25) is 0 Å². The van der Waals surface area contributed by atoms with Crippen LogP contribution in [0, 0.1) is 0 Å². The van der Waals surface area contributed by atoms with Crippen LogP contribution in [0.4, 0.5) is 0 Å². The Balaban J connectivity index is 0.00000128. The molecule has 0 saturated carbocycles. The maximum absolute atomic E-state index is 2.58. The molecule has 0 bridgehead atoms. The van der Waals surface area contributed by atoms with Gasteiger partial charge in [0.05, 0.1) is 0 Å². The second-order valence-corrected chi connectivity index (χ2v) is 7.75. The van der Waals surface area contributed by atoms with Crippen molar-refractivity contribution in [2.75, 3.05) is 19.3 Å². The minimum absolute atomic E-state index is 0. The maximum atomic E-state index is 2.58. The molecule has 0 radical (unpaired) electrons. The minimum Gasteiger partial charge on any atom is -1.00 e. The van der Waals surface area contributed by atoms with Crippen molar-refractivity contribution in [1.82, 2.24) is 0 Å². The number of halogens is 1. The maximum Gasteiger partial charge on any atom is 0.179 e. The van der Waals surface area contributed by atoms with Gasteiger partial charge in [-0.05, 0) is 20.1 Å². The molecule has 0 atom stereocenters. The highest BCUT2D eigenvalue weighted by Gasteiger charge is 2.32. The fourth-order valence-electron chi connectivity index (χ4n) is 2.27. The predicted molar refractivity (Wildman–Crippen MR) is 72.1 cm³/mol. The molecular weight excluding hydrogens is 349 g/mol. The van der Waals surface area contributed by atoms with E-state index >= 15 is 0 Å². The molecule has 0 N–H and O–H groups in total. The van der Waals surface area contributed by atoms with E-state index < -0.39 is 0 Å². The average Bonchev–Trinajstić information content (AvgIpc) is 2.68. The van der Waals surface area contributed by atoms with E-state index in [2.05, 4.69) is 30.8 Å². The molecule has 0 amide bonds. The largest absolute Gasteiger partial charge is 1.00 e. The molecule has 2 aliphatic rings. The molecular formula is C12H20INS2. The molecule has 2 heterocycles. The highest BCUT2D eigenvalue weighted by atomic mass is 127. The van der Waals surface area contributed by atoms with Crippen molar-refractivity contribution in [3.63, 3.8) is 0 Å². The zero-order chi connectivity index (χ0) is 10.9. The molecule has 4 heteroatoms. The summed E-state index contributed by atoms with van der Waals surface area (Å²) in [6.07, 6.45) is 8.56. The van der Waals surface area contributed by atoms with Gasteiger partial charge in [0, 0.05) is 34.3 Å². The summed E-state index contributed by atoms with van der Waals surface area (Å²) in [5, 5.41) is 0. The van der Waals surface area contributed by atoms with Crippen LogP contribution in [-0.4, -0.2) is 34.4 Å². The molecule has 1 nitrogen and oxygen atoms in total. The predicted octanol–water partition coefficient (Wildman–Crippen LogP) is 0.358. The van der Waals surface area contributed by atoms with Gasteiger partial charge in [-0.25, -0.2) is 4.58 Å². The van der Waals surface area contributed by atoms with Crippen LogP contribution in [0.3, 0.4) is 0 Å². The van der Waals surface area contributed by atoms with Gasteiger partial charge < -0.3 is 24.0 Å². The van der Waals surface area contributed by atoms with Crippen molar-refractivity contribution in [2.24, 2.45) is 0 Å². The number of thioether (sulfide) groups is 2. The molecule has 92 valence electrons. The molecule has 0 aromatic heterocycles. The summed E-state index contributed by atoms with van der Waals surface area (Å²) in [5.74, 6) is 0. The van der Waals surface area contributed by atoms with Gasteiger partial charge in [-0.1, -0.05) is 0 Å². The molecule has 0 aromatic rings. The van der Waals surface area contributed by atoms with E-state index in [0.29, 0.717) is 4.75 Å². The van der Waals surface area contributed by atoms with Gasteiger partial charge in [-0.15, -0.1) is 23.5 Å². The van der Waals surface area contributed by atoms with E-state index in [1.165, 1.54) is 36.6 Å². The molecule has 16 heavy (non-hydrogen) atoms. The molecule has 0 aliphatic carbocycles. The first-order valence-corrected chi connectivity index (χ1v) is 7.70. The van der Waals surface area contributed by atoms with E-state index in [4.69, 9.17) is 0 Å². The Kier molecular flexibility index (Phi) is 5.72.